The van der Waals surface area contributed by atoms with E-state index in [1.165, 1.54) is 15.6 Å². The molecule has 3 heterocycles. The maximum Gasteiger partial charge on any atom is 0.315 e. The zero-order valence-corrected chi connectivity index (χ0v) is 17.6. The summed E-state index contributed by atoms with van der Waals surface area (Å²) in [6.45, 7) is 0.832. The van der Waals surface area contributed by atoms with Gasteiger partial charge in [-0.15, -0.1) is 16.4 Å². The summed E-state index contributed by atoms with van der Waals surface area (Å²) in [5, 5.41) is 18.9. The fraction of sp³-hybridized carbons (Fsp3) is 0.333. The Bertz CT molecular complexity index is 1080. The SMILES string of the molecule is O=C(NCc1nnnn1-c1ccccc1)N[C@@H]1CCCN(S(=O)(=O)c2cccs2)C1. The van der Waals surface area contributed by atoms with Crippen molar-refractivity contribution in [1.82, 2.24) is 35.1 Å². The van der Waals surface area contributed by atoms with Crippen LogP contribution in [-0.2, 0) is 16.6 Å². The van der Waals surface area contributed by atoms with Gasteiger partial charge in [0, 0.05) is 19.1 Å². The second-order valence-corrected chi connectivity index (χ2v) is 9.92. The van der Waals surface area contributed by atoms with Crippen LogP contribution in [0.25, 0.3) is 5.69 Å². The summed E-state index contributed by atoms with van der Waals surface area (Å²) in [7, 11) is -3.52. The molecular weight excluding hydrogens is 426 g/mol. The highest BCUT2D eigenvalue weighted by atomic mass is 32.2. The number of tetrazole rings is 1. The molecule has 1 atom stereocenters. The van der Waals surface area contributed by atoms with E-state index in [1.807, 2.05) is 30.3 Å². The number of para-hydroxylation sites is 1. The van der Waals surface area contributed by atoms with Crippen molar-refractivity contribution >= 4 is 27.4 Å². The van der Waals surface area contributed by atoms with Gasteiger partial charge in [0.25, 0.3) is 10.0 Å². The van der Waals surface area contributed by atoms with Crippen molar-refractivity contribution in [2.75, 3.05) is 13.1 Å². The van der Waals surface area contributed by atoms with Crippen LogP contribution in [-0.4, -0.2) is 58.1 Å². The van der Waals surface area contributed by atoms with Crippen LogP contribution in [0.4, 0.5) is 4.79 Å². The van der Waals surface area contributed by atoms with E-state index in [0.29, 0.717) is 29.4 Å². The van der Waals surface area contributed by atoms with Gasteiger partial charge in [-0.1, -0.05) is 24.3 Å². The van der Waals surface area contributed by atoms with E-state index in [9.17, 15) is 13.2 Å². The lowest BCUT2D eigenvalue weighted by atomic mass is 10.1. The van der Waals surface area contributed by atoms with E-state index >= 15 is 0 Å². The number of piperidine rings is 1. The molecule has 1 aromatic carbocycles. The van der Waals surface area contributed by atoms with Gasteiger partial charge in [0.15, 0.2) is 5.82 Å². The third-order valence-corrected chi connectivity index (χ3v) is 7.99. The average Bonchev–Trinajstić information content (AvgIpc) is 3.45. The lowest BCUT2D eigenvalue weighted by Gasteiger charge is -2.31. The number of benzene rings is 1. The van der Waals surface area contributed by atoms with Crippen LogP contribution in [0.2, 0.25) is 0 Å². The molecule has 0 unspecified atom stereocenters. The normalized spacial score (nSPS) is 17.5. The minimum atomic E-state index is -3.52. The number of hydrogen-bond acceptors (Lipinski definition) is 7. The second kappa shape index (κ2) is 8.90. The van der Waals surface area contributed by atoms with Crippen molar-refractivity contribution < 1.29 is 13.2 Å². The molecule has 0 spiro atoms. The number of amides is 2. The largest absolute Gasteiger partial charge is 0.334 e. The Morgan fingerprint density at radius 3 is 2.80 bits per heavy atom. The van der Waals surface area contributed by atoms with Gasteiger partial charge in [0.05, 0.1) is 12.2 Å². The number of thiophene rings is 1. The summed E-state index contributed by atoms with van der Waals surface area (Å²) in [5.74, 6) is 0.488. The Morgan fingerprint density at radius 2 is 2.03 bits per heavy atom. The topological polar surface area (TPSA) is 122 Å². The molecule has 158 valence electrons. The molecule has 0 radical (unpaired) electrons. The minimum absolute atomic E-state index is 0.137. The van der Waals surface area contributed by atoms with Crippen LogP contribution in [0.15, 0.2) is 52.1 Å². The molecule has 1 aliphatic rings. The van der Waals surface area contributed by atoms with Gasteiger partial charge in [0.1, 0.15) is 4.21 Å². The van der Waals surface area contributed by atoms with Gasteiger partial charge < -0.3 is 10.6 Å². The number of rotatable bonds is 6. The van der Waals surface area contributed by atoms with Gasteiger partial charge in [-0.3, -0.25) is 0 Å². The van der Waals surface area contributed by atoms with Crippen LogP contribution in [0.1, 0.15) is 18.7 Å². The van der Waals surface area contributed by atoms with E-state index in [2.05, 4.69) is 26.2 Å². The number of hydrogen-bond donors (Lipinski definition) is 2. The van der Waals surface area contributed by atoms with Crippen LogP contribution in [0, 0.1) is 0 Å². The van der Waals surface area contributed by atoms with Crippen molar-refractivity contribution in [2.45, 2.75) is 29.6 Å². The molecule has 2 aromatic heterocycles. The Balaban J connectivity index is 1.33. The third kappa shape index (κ3) is 4.50. The molecule has 1 fully saturated rings. The second-order valence-electron chi connectivity index (χ2n) is 6.80. The fourth-order valence-electron chi connectivity index (χ4n) is 3.30. The first-order chi connectivity index (χ1) is 14.5. The molecular formula is C18H21N7O3S2. The number of aromatic nitrogens is 4. The highest BCUT2D eigenvalue weighted by Crippen LogP contribution is 2.24. The van der Waals surface area contributed by atoms with Crippen molar-refractivity contribution in [3.8, 4) is 5.69 Å². The monoisotopic (exact) mass is 447 g/mol. The number of carbonyl (C=O) groups excluding carboxylic acids is 1. The summed E-state index contributed by atoms with van der Waals surface area (Å²) in [4.78, 5) is 12.4. The van der Waals surface area contributed by atoms with Crippen molar-refractivity contribution in [1.29, 1.82) is 0 Å². The number of sulfonamides is 1. The summed E-state index contributed by atoms with van der Waals surface area (Å²) < 4.78 is 28.7. The molecule has 4 rings (SSSR count). The van der Waals surface area contributed by atoms with Crippen LogP contribution in [0.3, 0.4) is 0 Å². The molecule has 0 bridgehead atoms. The Hall–Kier alpha value is -2.83. The van der Waals surface area contributed by atoms with E-state index in [4.69, 9.17) is 0 Å². The average molecular weight is 448 g/mol. The zero-order valence-electron chi connectivity index (χ0n) is 16.0. The van der Waals surface area contributed by atoms with Crippen molar-refractivity contribution in [3.63, 3.8) is 0 Å². The first kappa shape index (κ1) is 20.4. The summed E-state index contributed by atoms with van der Waals surface area (Å²) in [6, 6.07) is 12.0. The maximum atomic E-state index is 12.7. The van der Waals surface area contributed by atoms with Gasteiger partial charge in [-0.2, -0.15) is 8.99 Å². The van der Waals surface area contributed by atoms with E-state index in [0.717, 1.165) is 5.69 Å². The standard InChI is InChI=1S/C18H21N7O3S2/c26-18(19-12-16-21-22-23-25(16)15-7-2-1-3-8-15)20-14-6-4-10-24(13-14)30(27,28)17-9-5-11-29-17/h1-3,5,7-9,11,14H,4,6,10,12-13H2,(H2,19,20,26)/t14-/m1/s1. The highest BCUT2D eigenvalue weighted by molar-refractivity contribution is 7.91. The molecule has 1 aliphatic heterocycles. The molecule has 1 saturated heterocycles. The predicted octanol–water partition coefficient (Wildman–Crippen LogP) is 1.38. The molecule has 3 aromatic rings. The fourth-order valence-corrected chi connectivity index (χ4v) is 5.97. The van der Waals surface area contributed by atoms with Crippen LogP contribution < -0.4 is 10.6 Å². The number of nitrogens with zero attached hydrogens (tertiary/aromatic N) is 5. The van der Waals surface area contributed by atoms with Crippen molar-refractivity contribution in [3.05, 3.63) is 53.7 Å². The van der Waals surface area contributed by atoms with E-state index in [-0.39, 0.29) is 19.1 Å². The van der Waals surface area contributed by atoms with Crippen LogP contribution in [0.5, 0.6) is 0 Å². The van der Waals surface area contributed by atoms with Gasteiger partial charge in [-0.05, 0) is 46.8 Å². The lowest BCUT2D eigenvalue weighted by Crippen LogP contribution is -2.51. The smallest absolute Gasteiger partial charge is 0.315 e. The molecule has 0 aliphatic carbocycles. The highest BCUT2D eigenvalue weighted by Gasteiger charge is 2.31. The molecule has 10 nitrogen and oxygen atoms in total. The zero-order chi connectivity index (χ0) is 21.0. The molecule has 0 saturated carbocycles. The summed E-state index contributed by atoms with van der Waals surface area (Å²) >= 11 is 1.19. The number of nitrogens with one attached hydrogen (secondary N) is 2. The number of urea groups is 1. The first-order valence-corrected chi connectivity index (χ1v) is 11.8. The summed E-state index contributed by atoms with van der Waals surface area (Å²) in [5.41, 5.74) is 0.793. The van der Waals surface area contributed by atoms with Crippen molar-refractivity contribution in [2.24, 2.45) is 0 Å². The Kier molecular flexibility index (Phi) is 6.06. The predicted molar refractivity (Wildman–Crippen MR) is 111 cm³/mol. The van der Waals surface area contributed by atoms with E-state index < -0.39 is 16.1 Å². The van der Waals surface area contributed by atoms with Gasteiger partial charge in [0.2, 0.25) is 0 Å². The quantitative estimate of drug-likeness (QED) is 0.589. The molecule has 2 amide bonds. The van der Waals surface area contributed by atoms with Crippen LogP contribution >= 0.6 is 11.3 Å². The lowest BCUT2D eigenvalue weighted by molar-refractivity contribution is 0.225. The third-order valence-electron chi connectivity index (χ3n) is 4.75. The molecule has 12 heteroatoms. The molecule has 30 heavy (non-hydrogen) atoms. The first-order valence-electron chi connectivity index (χ1n) is 9.45. The van der Waals surface area contributed by atoms with Gasteiger partial charge in [-0.25, -0.2) is 13.2 Å². The maximum absolute atomic E-state index is 12.7. The molecule has 2 N–H and O–H groups in total. The minimum Gasteiger partial charge on any atom is -0.334 e. The summed E-state index contributed by atoms with van der Waals surface area (Å²) in [6.07, 6.45) is 1.40. The Morgan fingerprint density at radius 1 is 1.20 bits per heavy atom. The van der Waals surface area contributed by atoms with Gasteiger partial charge >= 0.3 is 6.03 Å². The Labute approximate surface area is 178 Å². The van der Waals surface area contributed by atoms with E-state index in [1.54, 1.807) is 22.2 Å². The number of carbonyl (C=O) groups is 1.